The van der Waals surface area contributed by atoms with Gasteiger partial charge in [0.05, 0.1) is 18.5 Å². The first-order valence-corrected chi connectivity index (χ1v) is 10.4. The molecule has 2 aromatic carbocycles. The van der Waals surface area contributed by atoms with E-state index in [-0.39, 0.29) is 12.5 Å². The summed E-state index contributed by atoms with van der Waals surface area (Å²) in [4.78, 5) is 33.7. The van der Waals surface area contributed by atoms with E-state index < -0.39 is 5.97 Å². The Morgan fingerprint density at radius 1 is 1.00 bits per heavy atom. The third kappa shape index (κ3) is 3.78. The largest absolute Gasteiger partial charge is 0.462 e. The highest BCUT2D eigenvalue weighted by Crippen LogP contribution is 2.25. The standard InChI is InChI=1S/C25H19N5O3/c1-2-33-25(32)20-15-28-30-21(11-13-27-23(20)30)17-7-5-8-18(14-17)29-24(31)22-19-9-4-3-6-16(19)10-12-26-22/h3-15H,2H2,1H3,(H,29,31). The maximum absolute atomic E-state index is 13.0. The van der Waals surface area contributed by atoms with Crippen LogP contribution in [-0.2, 0) is 4.74 Å². The molecule has 162 valence electrons. The van der Waals surface area contributed by atoms with Crippen LogP contribution < -0.4 is 5.32 Å². The summed E-state index contributed by atoms with van der Waals surface area (Å²) in [7, 11) is 0. The van der Waals surface area contributed by atoms with Gasteiger partial charge in [0.1, 0.15) is 11.3 Å². The number of carbonyl (C=O) groups is 2. The molecule has 8 heteroatoms. The highest BCUT2D eigenvalue weighted by atomic mass is 16.5. The molecule has 0 unspecified atom stereocenters. The van der Waals surface area contributed by atoms with E-state index in [2.05, 4.69) is 20.4 Å². The van der Waals surface area contributed by atoms with Crippen molar-refractivity contribution in [1.29, 1.82) is 0 Å². The van der Waals surface area contributed by atoms with Gasteiger partial charge in [0.25, 0.3) is 5.91 Å². The van der Waals surface area contributed by atoms with Crippen LogP contribution in [0.15, 0.2) is 79.3 Å². The number of hydrogen-bond donors (Lipinski definition) is 1. The predicted octanol–water partition coefficient (Wildman–Crippen LogP) is 4.37. The van der Waals surface area contributed by atoms with E-state index in [1.807, 2.05) is 48.5 Å². The normalized spacial score (nSPS) is 10.9. The SMILES string of the molecule is CCOC(=O)c1cnn2c(-c3cccc(NC(=O)c4nccc5ccccc45)c3)ccnc12. The molecule has 0 radical (unpaired) electrons. The second kappa shape index (κ2) is 8.51. The molecule has 1 amide bonds. The third-order valence-corrected chi connectivity index (χ3v) is 5.20. The lowest BCUT2D eigenvalue weighted by Crippen LogP contribution is -2.14. The number of ether oxygens (including phenoxy) is 1. The van der Waals surface area contributed by atoms with Crippen molar-refractivity contribution in [2.75, 3.05) is 11.9 Å². The van der Waals surface area contributed by atoms with Crippen molar-refractivity contribution in [2.45, 2.75) is 6.92 Å². The predicted molar refractivity (Wildman–Crippen MR) is 124 cm³/mol. The number of pyridine rings is 1. The van der Waals surface area contributed by atoms with E-state index in [0.717, 1.165) is 22.0 Å². The Balaban J connectivity index is 1.48. The van der Waals surface area contributed by atoms with Gasteiger partial charge in [-0.1, -0.05) is 36.4 Å². The fourth-order valence-electron chi connectivity index (χ4n) is 3.71. The van der Waals surface area contributed by atoms with Crippen LogP contribution >= 0.6 is 0 Å². The summed E-state index contributed by atoms with van der Waals surface area (Å²) in [5, 5.41) is 8.99. The van der Waals surface area contributed by atoms with E-state index in [4.69, 9.17) is 4.74 Å². The number of nitrogens with zero attached hydrogens (tertiary/aromatic N) is 4. The zero-order chi connectivity index (χ0) is 22.8. The van der Waals surface area contributed by atoms with Crippen molar-refractivity contribution >= 4 is 34.0 Å². The first-order valence-electron chi connectivity index (χ1n) is 10.4. The summed E-state index contributed by atoms with van der Waals surface area (Å²) in [6.45, 7) is 2.01. The maximum atomic E-state index is 13.0. The van der Waals surface area contributed by atoms with E-state index in [0.29, 0.717) is 22.6 Å². The molecular weight excluding hydrogens is 418 g/mol. The van der Waals surface area contributed by atoms with E-state index in [1.54, 1.807) is 36.0 Å². The minimum absolute atomic E-state index is 0.267. The van der Waals surface area contributed by atoms with Gasteiger partial charge in [-0.15, -0.1) is 0 Å². The van der Waals surface area contributed by atoms with Crippen LogP contribution in [0.4, 0.5) is 5.69 Å². The Labute approximate surface area is 188 Å². The number of nitrogens with one attached hydrogen (secondary N) is 1. The molecule has 0 saturated carbocycles. The third-order valence-electron chi connectivity index (χ3n) is 5.20. The molecule has 5 aromatic rings. The van der Waals surface area contributed by atoms with Gasteiger partial charge in [-0.05, 0) is 36.6 Å². The quantitative estimate of drug-likeness (QED) is 0.410. The Kier molecular flexibility index (Phi) is 5.24. The second-order valence-corrected chi connectivity index (χ2v) is 7.26. The molecule has 0 fully saturated rings. The van der Waals surface area contributed by atoms with Crippen LogP contribution in [-0.4, -0.2) is 38.1 Å². The molecule has 0 spiro atoms. The first kappa shape index (κ1) is 20.3. The molecule has 0 saturated heterocycles. The summed E-state index contributed by atoms with van der Waals surface area (Å²) in [5.41, 5.74) is 3.18. The smallest absolute Gasteiger partial charge is 0.343 e. The molecule has 8 nitrogen and oxygen atoms in total. The molecule has 0 bridgehead atoms. The van der Waals surface area contributed by atoms with Gasteiger partial charge in [-0.3, -0.25) is 9.78 Å². The van der Waals surface area contributed by atoms with E-state index in [9.17, 15) is 9.59 Å². The zero-order valence-corrected chi connectivity index (χ0v) is 17.7. The van der Waals surface area contributed by atoms with Crippen molar-refractivity contribution in [1.82, 2.24) is 19.6 Å². The van der Waals surface area contributed by atoms with Crippen molar-refractivity contribution in [3.8, 4) is 11.3 Å². The highest BCUT2D eigenvalue weighted by Gasteiger charge is 2.17. The number of anilines is 1. The van der Waals surface area contributed by atoms with E-state index >= 15 is 0 Å². The Morgan fingerprint density at radius 3 is 2.73 bits per heavy atom. The average Bonchev–Trinajstić information content (AvgIpc) is 3.28. The van der Waals surface area contributed by atoms with Gasteiger partial charge >= 0.3 is 5.97 Å². The van der Waals surface area contributed by atoms with Crippen LogP contribution in [0.25, 0.3) is 27.7 Å². The van der Waals surface area contributed by atoms with E-state index in [1.165, 1.54) is 6.20 Å². The number of amides is 1. The summed E-state index contributed by atoms with van der Waals surface area (Å²) < 4.78 is 6.67. The van der Waals surface area contributed by atoms with Gasteiger partial charge in [0.15, 0.2) is 5.65 Å². The van der Waals surface area contributed by atoms with Gasteiger partial charge in [0.2, 0.25) is 0 Å². The summed E-state index contributed by atoms with van der Waals surface area (Å²) >= 11 is 0. The molecule has 33 heavy (non-hydrogen) atoms. The Bertz CT molecular complexity index is 1500. The first-order chi connectivity index (χ1) is 16.2. The topological polar surface area (TPSA) is 98.5 Å². The minimum Gasteiger partial charge on any atom is -0.462 e. The molecule has 3 aromatic heterocycles. The monoisotopic (exact) mass is 437 g/mol. The molecule has 3 heterocycles. The van der Waals surface area contributed by atoms with Crippen molar-refractivity contribution < 1.29 is 14.3 Å². The van der Waals surface area contributed by atoms with Crippen molar-refractivity contribution in [3.63, 3.8) is 0 Å². The molecule has 0 aliphatic heterocycles. The molecule has 0 aliphatic carbocycles. The van der Waals surface area contributed by atoms with Crippen molar-refractivity contribution in [3.05, 3.63) is 90.5 Å². The Morgan fingerprint density at radius 2 is 1.85 bits per heavy atom. The molecule has 5 rings (SSSR count). The van der Waals surface area contributed by atoms with Gasteiger partial charge in [0, 0.05) is 29.0 Å². The van der Waals surface area contributed by atoms with Gasteiger partial charge < -0.3 is 10.1 Å². The minimum atomic E-state index is -0.472. The van der Waals surface area contributed by atoms with Gasteiger partial charge in [-0.2, -0.15) is 5.10 Å². The number of fused-ring (bicyclic) bond motifs is 2. The number of aromatic nitrogens is 4. The highest BCUT2D eigenvalue weighted by molar-refractivity contribution is 6.11. The summed E-state index contributed by atoms with van der Waals surface area (Å²) in [6.07, 6.45) is 4.68. The van der Waals surface area contributed by atoms with Crippen LogP contribution in [0.3, 0.4) is 0 Å². The molecule has 0 aliphatic rings. The van der Waals surface area contributed by atoms with Crippen LogP contribution in [0.5, 0.6) is 0 Å². The summed E-state index contributed by atoms with van der Waals surface area (Å²) in [6, 6.07) is 18.7. The number of benzene rings is 2. The zero-order valence-electron chi connectivity index (χ0n) is 17.7. The lowest BCUT2D eigenvalue weighted by molar-refractivity contribution is 0.0528. The number of esters is 1. The molecular formula is C25H19N5O3. The lowest BCUT2D eigenvalue weighted by Gasteiger charge is -2.10. The maximum Gasteiger partial charge on any atom is 0.343 e. The van der Waals surface area contributed by atoms with Gasteiger partial charge in [-0.25, -0.2) is 14.3 Å². The summed E-state index contributed by atoms with van der Waals surface area (Å²) in [5.74, 6) is -0.770. The number of rotatable bonds is 5. The number of carbonyl (C=O) groups excluding carboxylic acids is 2. The van der Waals surface area contributed by atoms with Crippen LogP contribution in [0.2, 0.25) is 0 Å². The fraction of sp³-hybridized carbons (Fsp3) is 0.0800. The average molecular weight is 437 g/mol. The fourth-order valence-corrected chi connectivity index (χ4v) is 3.71. The second-order valence-electron chi connectivity index (χ2n) is 7.26. The van der Waals surface area contributed by atoms with Crippen LogP contribution in [0, 0.1) is 0 Å². The van der Waals surface area contributed by atoms with Crippen LogP contribution in [0.1, 0.15) is 27.8 Å². The number of hydrogen-bond acceptors (Lipinski definition) is 6. The Hall–Kier alpha value is -4.59. The lowest BCUT2D eigenvalue weighted by atomic mass is 10.1. The molecule has 1 N–H and O–H groups in total. The molecule has 0 atom stereocenters. The van der Waals surface area contributed by atoms with Crippen molar-refractivity contribution in [2.24, 2.45) is 0 Å².